The smallest absolute Gasteiger partial charge is 0.407 e. The van der Waals surface area contributed by atoms with Gasteiger partial charge in [0.15, 0.2) is 0 Å². The molecule has 0 aromatic heterocycles. The van der Waals surface area contributed by atoms with Gasteiger partial charge in [-0.15, -0.1) is 0 Å². The number of carbonyl (C=O) groups is 2. The van der Waals surface area contributed by atoms with Crippen LogP contribution in [0.4, 0.5) is 4.79 Å². The number of nitrogens with one attached hydrogen (secondary N) is 3. The summed E-state index contributed by atoms with van der Waals surface area (Å²) >= 11 is 0. The fourth-order valence-electron chi connectivity index (χ4n) is 4.21. The molecular formula is C27H26N4O4. The average Bonchev–Trinajstić information content (AvgIpc) is 3.20. The Morgan fingerprint density at radius 1 is 0.971 bits per heavy atom. The van der Waals surface area contributed by atoms with Crippen molar-refractivity contribution < 1.29 is 19.4 Å². The van der Waals surface area contributed by atoms with E-state index in [9.17, 15) is 14.7 Å². The van der Waals surface area contributed by atoms with Crippen LogP contribution in [0.5, 0.6) is 0 Å². The number of carbonyl (C=O) groups excluding carboxylic acids is 1. The number of carboxylic acid groups (broad SMARTS) is 1. The molecule has 0 radical (unpaired) electrons. The Hall–Kier alpha value is -4.46. The molecule has 0 spiro atoms. The van der Waals surface area contributed by atoms with Crippen LogP contribution in [-0.2, 0) is 16.1 Å². The predicted molar refractivity (Wildman–Crippen MR) is 131 cm³/mol. The number of aliphatic carboxylic acids is 1. The summed E-state index contributed by atoms with van der Waals surface area (Å²) in [4.78, 5) is 24.2. The van der Waals surface area contributed by atoms with E-state index in [1.807, 2.05) is 78.9 Å². The van der Waals surface area contributed by atoms with E-state index >= 15 is 0 Å². The summed E-state index contributed by atoms with van der Waals surface area (Å²) in [5.74, 6) is -1.37. The largest absolute Gasteiger partial charge is 0.480 e. The fourth-order valence-corrected chi connectivity index (χ4v) is 4.21. The summed E-state index contributed by atoms with van der Waals surface area (Å²) in [7, 11) is 0. The molecular weight excluding hydrogens is 444 g/mol. The SMILES string of the molecule is N=N/C(=C\NCc1ccccc1)CC(NC(=O)OCC1c2ccccc2-c2ccccc21)C(=O)O. The summed E-state index contributed by atoms with van der Waals surface area (Å²) < 4.78 is 5.45. The molecule has 3 aromatic rings. The van der Waals surface area contributed by atoms with E-state index in [0.29, 0.717) is 6.54 Å². The highest BCUT2D eigenvalue weighted by molar-refractivity contribution is 5.81. The van der Waals surface area contributed by atoms with E-state index in [1.54, 1.807) is 0 Å². The number of rotatable bonds is 10. The van der Waals surface area contributed by atoms with Crippen molar-refractivity contribution in [1.29, 1.82) is 5.53 Å². The van der Waals surface area contributed by atoms with Crippen LogP contribution in [-0.4, -0.2) is 29.8 Å². The lowest BCUT2D eigenvalue weighted by atomic mass is 9.98. The molecule has 3 aromatic carbocycles. The number of nitrogens with zero attached hydrogens (tertiary/aromatic N) is 1. The Morgan fingerprint density at radius 2 is 1.57 bits per heavy atom. The van der Waals surface area contributed by atoms with Gasteiger partial charge in [-0.3, -0.25) is 0 Å². The highest BCUT2D eigenvalue weighted by Crippen LogP contribution is 2.44. The van der Waals surface area contributed by atoms with Crippen LogP contribution in [0.1, 0.15) is 29.0 Å². The van der Waals surface area contributed by atoms with Crippen LogP contribution in [0.15, 0.2) is 95.9 Å². The Kier molecular flexibility index (Phi) is 7.52. The van der Waals surface area contributed by atoms with Crippen molar-refractivity contribution in [2.45, 2.75) is 24.9 Å². The summed E-state index contributed by atoms with van der Waals surface area (Å²) in [6, 6.07) is 24.3. The molecule has 1 unspecified atom stereocenters. The summed E-state index contributed by atoms with van der Waals surface area (Å²) in [6.45, 7) is 0.577. The van der Waals surface area contributed by atoms with Gasteiger partial charge in [-0.1, -0.05) is 78.9 Å². The Labute approximate surface area is 203 Å². The molecule has 1 amide bonds. The van der Waals surface area contributed by atoms with Crippen molar-refractivity contribution in [2.75, 3.05) is 6.61 Å². The van der Waals surface area contributed by atoms with E-state index in [-0.39, 0.29) is 24.6 Å². The minimum atomic E-state index is -1.29. The maximum Gasteiger partial charge on any atom is 0.407 e. The van der Waals surface area contributed by atoms with Crippen LogP contribution >= 0.6 is 0 Å². The molecule has 4 N–H and O–H groups in total. The van der Waals surface area contributed by atoms with Gasteiger partial charge in [0.1, 0.15) is 12.6 Å². The third kappa shape index (κ3) is 5.73. The second-order valence-electron chi connectivity index (χ2n) is 8.18. The van der Waals surface area contributed by atoms with E-state index < -0.39 is 18.1 Å². The minimum absolute atomic E-state index is 0.0797. The zero-order chi connectivity index (χ0) is 24.6. The molecule has 0 aliphatic heterocycles. The molecule has 0 bridgehead atoms. The van der Waals surface area contributed by atoms with Gasteiger partial charge >= 0.3 is 12.1 Å². The van der Waals surface area contributed by atoms with Crippen molar-refractivity contribution >= 4 is 12.1 Å². The van der Waals surface area contributed by atoms with Gasteiger partial charge in [-0.2, -0.15) is 5.11 Å². The third-order valence-electron chi connectivity index (χ3n) is 5.91. The first-order valence-electron chi connectivity index (χ1n) is 11.2. The van der Waals surface area contributed by atoms with E-state index in [0.717, 1.165) is 27.8 Å². The van der Waals surface area contributed by atoms with E-state index in [4.69, 9.17) is 10.3 Å². The molecule has 0 saturated carbocycles. The highest BCUT2D eigenvalue weighted by atomic mass is 16.5. The van der Waals surface area contributed by atoms with Crippen LogP contribution < -0.4 is 10.6 Å². The molecule has 0 heterocycles. The summed E-state index contributed by atoms with van der Waals surface area (Å²) in [5.41, 5.74) is 12.9. The summed E-state index contributed by atoms with van der Waals surface area (Å²) in [5, 5.41) is 18.4. The van der Waals surface area contributed by atoms with Crippen LogP contribution in [0.2, 0.25) is 0 Å². The predicted octanol–water partition coefficient (Wildman–Crippen LogP) is 5.03. The van der Waals surface area contributed by atoms with Crippen LogP contribution in [0.25, 0.3) is 11.1 Å². The number of benzene rings is 3. The number of fused-ring (bicyclic) bond motifs is 3. The standard InChI is InChI=1S/C27H26N4O4/c28-31-19(16-29-15-18-8-2-1-3-9-18)14-25(26(32)33)30-27(34)35-17-24-22-12-6-4-10-20(22)21-11-5-7-13-23(21)24/h1-13,16,24-25,28-29H,14-15,17H2,(H,30,34)(H,32,33)/b19-16-,31-28?. The lowest BCUT2D eigenvalue weighted by molar-refractivity contribution is -0.139. The first-order chi connectivity index (χ1) is 17.1. The van der Waals surface area contributed by atoms with Crippen molar-refractivity contribution in [2.24, 2.45) is 5.11 Å². The molecule has 8 heteroatoms. The number of alkyl carbamates (subject to hydrolysis) is 1. The Bertz CT molecular complexity index is 1200. The Morgan fingerprint density at radius 3 is 2.17 bits per heavy atom. The zero-order valence-corrected chi connectivity index (χ0v) is 19.0. The molecule has 35 heavy (non-hydrogen) atoms. The molecule has 178 valence electrons. The van der Waals surface area contributed by atoms with E-state index in [1.165, 1.54) is 6.20 Å². The quantitative estimate of drug-likeness (QED) is 0.309. The van der Waals surface area contributed by atoms with Gasteiger partial charge < -0.3 is 20.5 Å². The molecule has 1 atom stereocenters. The number of amides is 1. The molecule has 8 nitrogen and oxygen atoms in total. The van der Waals surface area contributed by atoms with Gasteiger partial charge in [0.2, 0.25) is 0 Å². The average molecular weight is 471 g/mol. The number of ether oxygens (including phenoxy) is 1. The van der Waals surface area contributed by atoms with Gasteiger partial charge in [0.05, 0.1) is 5.70 Å². The zero-order valence-electron chi connectivity index (χ0n) is 19.0. The first kappa shape index (κ1) is 23.7. The maximum atomic E-state index is 12.5. The number of carboxylic acids is 1. The van der Waals surface area contributed by atoms with Crippen molar-refractivity contribution in [3.63, 3.8) is 0 Å². The normalized spacial score (nSPS) is 13.3. The fraction of sp³-hybridized carbons (Fsp3) is 0.185. The van der Waals surface area contributed by atoms with E-state index in [2.05, 4.69) is 15.7 Å². The van der Waals surface area contributed by atoms with Gasteiger partial charge in [0, 0.05) is 25.1 Å². The first-order valence-corrected chi connectivity index (χ1v) is 11.2. The Balaban J connectivity index is 1.35. The maximum absolute atomic E-state index is 12.5. The molecule has 4 rings (SSSR count). The number of hydrogen-bond donors (Lipinski definition) is 4. The van der Waals surface area contributed by atoms with Crippen LogP contribution in [0.3, 0.4) is 0 Å². The topological polar surface area (TPSA) is 124 Å². The second kappa shape index (κ2) is 11.1. The highest BCUT2D eigenvalue weighted by Gasteiger charge is 2.30. The van der Waals surface area contributed by atoms with Gasteiger partial charge in [-0.25, -0.2) is 15.1 Å². The molecule has 1 aliphatic rings. The molecule has 0 saturated heterocycles. The lowest BCUT2D eigenvalue weighted by Gasteiger charge is -2.17. The lowest BCUT2D eigenvalue weighted by Crippen LogP contribution is -2.41. The van der Waals surface area contributed by atoms with Gasteiger partial charge in [-0.05, 0) is 27.8 Å². The third-order valence-corrected chi connectivity index (χ3v) is 5.91. The molecule has 1 aliphatic carbocycles. The second-order valence-corrected chi connectivity index (χ2v) is 8.18. The summed E-state index contributed by atoms with van der Waals surface area (Å²) in [6.07, 6.45) is 0.487. The van der Waals surface area contributed by atoms with Crippen molar-refractivity contribution in [3.8, 4) is 11.1 Å². The monoisotopic (exact) mass is 470 g/mol. The minimum Gasteiger partial charge on any atom is -0.480 e. The van der Waals surface area contributed by atoms with Gasteiger partial charge in [0.25, 0.3) is 0 Å². The molecule has 0 fully saturated rings. The van der Waals surface area contributed by atoms with Crippen LogP contribution in [0, 0.1) is 5.53 Å². The number of hydrogen-bond acceptors (Lipinski definition) is 6. The van der Waals surface area contributed by atoms with Crippen molar-refractivity contribution in [3.05, 3.63) is 107 Å². The van der Waals surface area contributed by atoms with Crippen molar-refractivity contribution in [1.82, 2.24) is 10.6 Å².